The molecule has 8 heavy (non-hydrogen) atoms. The maximum absolute atomic E-state index is 5.00. The van der Waals surface area contributed by atoms with Crippen LogP contribution in [0.1, 0.15) is 6.92 Å². The highest BCUT2D eigenvalue weighted by Gasteiger charge is 1.89. The highest BCUT2D eigenvalue weighted by atomic mass is 127. The number of halogens is 1. The van der Waals surface area contributed by atoms with Crippen molar-refractivity contribution < 1.29 is 0 Å². The molecule has 1 unspecified atom stereocenters. The Labute approximate surface area is 64.4 Å². The van der Waals surface area contributed by atoms with Gasteiger partial charge in [-0.15, -0.1) is 6.42 Å². The quantitative estimate of drug-likeness (QED) is 0.326. The lowest BCUT2D eigenvalue weighted by molar-refractivity contribution is 0.762. The van der Waals surface area contributed by atoms with E-state index in [4.69, 9.17) is 6.42 Å². The third kappa shape index (κ3) is 6.25. The highest BCUT2D eigenvalue weighted by Crippen LogP contribution is 1.93. The van der Waals surface area contributed by atoms with Crippen LogP contribution in [0.3, 0.4) is 0 Å². The van der Waals surface area contributed by atoms with Gasteiger partial charge in [0.1, 0.15) is 0 Å². The minimum atomic E-state index is 0.668. The fraction of sp³-hybridized carbons (Fsp3) is 0.667. The lowest BCUT2D eigenvalue weighted by Gasteiger charge is -2.00. The van der Waals surface area contributed by atoms with Crippen LogP contribution >= 0.6 is 22.6 Å². The van der Waals surface area contributed by atoms with Crippen LogP contribution in [0.15, 0.2) is 0 Å². The summed E-state index contributed by atoms with van der Waals surface area (Å²) in [4.78, 5) is 0. The summed E-state index contributed by atoms with van der Waals surface area (Å²) >= 11 is 2.35. The number of alkyl halides is 1. The van der Waals surface area contributed by atoms with Crippen molar-refractivity contribution >= 4 is 22.6 Å². The van der Waals surface area contributed by atoms with Gasteiger partial charge in [-0.25, -0.2) is 0 Å². The zero-order valence-corrected chi connectivity index (χ0v) is 7.10. The molecule has 0 fully saturated rings. The first-order chi connectivity index (χ1) is 3.77. The Morgan fingerprint density at radius 2 is 2.50 bits per heavy atom. The minimum Gasteiger partial charge on any atom is -0.305 e. The van der Waals surface area contributed by atoms with Crippen molar-refractivity contribution in [3.05, 3.63) is 0 Å². The normalized spacial score (nSPS) is 12.6. The fourth-order valence-corrected chi connectivity index (χ4v) is 0.655. The molecular weight excluding hydrogens is 213 g/mol. The van der Waals surface area contributed by atoms with Gasteiger partial charge in [0.25, 0.3) is 0 Å². The first-order valence-electron chi connectivity index (χ1n) is 2.55. The molecule has 1 atom stereocenters. The van der Waals surface area contributed by atoms with E-state index >= 15 is 0 Å². The number of terminal acetylenes is 1. The molecule has 0 radical (unpaired) electrons. The summed E-state index contributed by atoms with van der Waals surface area (Å²) in [7, 11) is 0. The van der Waals surface area contributed by atoms with Crippen LogP contribution in [-0.2, 0) is 0 Å². The molecule has 1 nitrogen and oxygen atoms in total. The molecule has 46 valence electrons. The topological polar surface area (TPSA) is 12.0 Å². The van der Waals surface area contributed by atoms with E-state index in [0.717, 1.165) is 6.54 Å². The molecule has 0 bridgehead atoms. The predicted molar refractivity (Wildman–Crippen MR) is 45.2 cm³/mol. The van der Waals surface area contributed by atoms with Crippen LogP contribution in [-0.4, -0.2) is 17.0 Å². The molecule has 0 aliphatic rings. The number of nitrogens with one attached hydrogen (secondary N) is 1. The predicted octanol–water partition coefficient (Wildman–Crippen LogP) is 1.03. The summed E-state index contributed by atoms with van der Waals surface area (Å²) in [6, 6.07) is 0. The van der Waals surface area contributed by atoms with E-state index in [-0.39, 0.29) is 0 Å². The Kier molecular flexibility index (Phi) is 5.56. The van der Waals surface area contributed by atoms with E-state index < -0.39 is 0 Å². The van der Waals surface area contributed by atoms with Crippen molar-refractivity contribution in [1.29, 1.82) is 0 Å². The molecule has 0 aromatic heterocycles. The molecule has 0 amide bonds. The molecule has 0 spiro atoms. The molecule has 1 N–H and O–H groups in total. The summed E-state index contributed by atoms with van der Waals surface area (Å²) in [5.41, 5.74) is 0. The summed E-state index contributed by atoms with van der Waals surface area (Å²) in [5, 5.41) is 3.09. The van der Waals surface area contributed by atoms with Gasteiger partial charge in [-0.05, 0) is 0 Å². The molecule has 0 aliphatic carbocycles. The monoisotopic (exact) mass is 223 g/mol. The van der Waals surface area contributed by atoms with Crippen molar-refractivity contribution in [2.75, 3.05) is 13.1 Å². The van der Waals surface area contributed by atoms with Crippen LogP contribution < -0.4 is 5.32 Å². The Bertz CT molecular complexity index is 83.0. The van der Waals surface area contributed by atoms with E-state index in [1.165, 1.54) is 0 Å². The van der Waals surface area contributed by atoms with Crippen molar-refractivity contribution in [3.63, 3.8) is 0 Å². The average molecular weight is 223 g/mol. The number of hydrogen-bond donors (Lipinski definition) is 1. The third-order valence-electron chi connectivity index (χ3n) is 0.653. The molecule has 2 heteroatoms. The van der Waals surface area contributed by atoms with Crippen LogP contribution in [0.5, 0.6) is 0 Å². The van der Waals surface area contributed by atoms with Gasteiger partial charge in [-0.1, -0.05) is 35.4 Å². The lowest BCUT2D eigenvalue weighted by Crippen LogP contribution is -2.20. The maximum atomic E-state index is 5.00. The lowest BCUT2D eigenvalue weighted by atomic mass is 10.5. The van der Waals surface area contributed by atoms with Gasteiger partial charge >= 0.3 is 0 Å². The van der Waals surface area contributed by atoms with Crippen LogP contribution in [0.25, 0.3) is 0 Å². The largest absolute Gasteiger partial charge is 0.305 e. The summed E-state index contributed by atoms with van der Waals surface area (Å²) in [6.45, 7) is 3.84. The second-order valence-electron chi connectivity index (χ2n) is 1.62. The van der Waals surface area contributed by atoms with Gasteiger partial charge < -0.3 is 5.32 Å². The van der Waals surface area contributed by atoms with Gasteiger partial charge in [0.2, 0.25) is 0 Å². The van der Waals surface area contributed by atoms with Gasteiger partial charge in [-0.3, -0.25) is 0 Å². The summed E-state index contributed by atoms with van der Waals surface area (Å²) in [5.74, 6) is 2.51. The SMILES string of the molecule is C#CCNCC(C)I. The van der Waals surface area contributed by atoms with Gasteiger partial charge in [0.05, 0.1) is 6.54 Å². The third-order valence-corrected chi connectivity index (χ3v) is 1.09. The standard InChI is InChI=1S/C6H10IN/c1-3-4-8-5-6(2)7/h1,6,8H,4-5H2,2H3. The molecule has 0 rings (SSSR count). The molecule has 0 aromatic rings. The fourth-order valence-electron chi connectivity index (χ4n) is 0.343. The summed E-state index contributed by atoms with van der Waals surface area (Å²) < 4.78 is 0.668. The van der Waals surface area contributed by atoms with E-state index in [9.17, 15) is 0 Å². The Hall–Kier alpha value is 0.250. The zero-order chi connectivity index (χ0) is 6.41. The second-order valence-corrected chi connectivity index (χ2v) is 3.74. The smallest absolute Gasteiger partial charge is 0.0574 e. The van der Waals surface area contributed by atoms with E-state index in [2.05, 4.69) is 40.8 Å². The molecule has 0 aliphatic heterocycles. The second kappa shape index (κ2) is 5.39. The van der Waals surface area contributed by atoms with E-state index in [1.54, 1.807) is 0 Å². The van der Waals surface area contributed by atoms with Gasteiger partial charge in [-0.2, -0.15) is 0 Å². The zero-order valence-electron chi connectivity index (χ0n) is 4.95. The highest BCUT2D eigenvalue weighted by molar-refractivity contribution is 14.1. The Morgan fingerprint density at radius 1 is 1.88 bits per heavy atom. The summed E-state index contributed by atoms with van der Waals surface area (Å²) in [6.07, 6.45) is 5.00. The number of hydrogen-bond acceptors (Lipinski definition) is 1. The van der Waals surface area contributed by atoms with Gasteiger partial charge in [0.15, 0.2) is 0 Å². The molecule has 0 saturated carbocycles. The van der Waals surface area contributed by atoms with Crippen LogP contribution in [0.2, 0.25) is 0 Å². The average Bonchev–Trinajstić information content (AvgIpc) is 1.66. The van der Waals surface area contributed by atoms with Crippen molar-refractivity contribution in [2.24, 2.45) is 0 Å². The van der Waals surface area contributed by atoms with E-state index in [1.807, 2.05) is 0 Å². The van der Waals surface area contributed by atoms with Crippen molar-refractivity contribution in [1.82, 2.24) is 5.32 Å². The van der Waals surface area contributed by atoms with Crippen LogP contribution in [0.4, 0.5) is 0 Å². The Morgan fingerprint density at radius 3 is 2.88 bits per heavy atom. The number of rotatable bonds is 3. The molecule has 0 aromatic carbocycles. The van der Waals surface area contributed by atoms with Gasteiger partial charge in [0, 0.05) is 10.5 Å². The van der Waals surface area contributed by atoms with Crippen molar-refractivity contribution in [2.45, 2.75) is 10.8 Å². The molecular formula is C6H10IN. The molecule has 0 saturated heterocycles. The van der Waals surface area contributed by atoms with Crippen molar-refractivity contribution in [3.8, 4) is 12.3 Å². The molecule has 0 heterocycles. The van der Waals surface area contributed by atoms with Crippen LogP contribution in [0, 0.1) is 12.3 Å². The Balaban J connectivity index is 2.85. The van der Waals surface area contributed by atoms with E-state index in [0.29, 0.717) is 10.5 Å². The first-order valence-corrected chi connectivity index (χ1v) is 3.80. The maximum Gasteiger partial charge on any atom is 0.0574 e. The first kappa shape index (κ1) is 8.25. The minimum absolute atomic E-state index is 0.668.